The van der Waals surface area contributed by atoms with Gasteiger partial charge in [0, 0.05) is 18.4 Å². The third-order valence-electron chi connectivity index (χ3n) is 5.61. The summed E-state index contributed by atoms with van der Waals surface area (Å²) in [4.78, 5) is 37.1. The Morgan fingerprint density at radius 1 is 1.16 bits per heavy atom. The first-order valence-electron chi connectivity index (χ1n) is 10.7. The highest BCUT2D eigenvalue weighted by Gasteiger charge is 2.36. The van der Waals surface area contributed by atoms with E-state index >= 15 is 0 Å². The average molecular weight is 451 g/mol. The van der Waals surface area contributed by atoms with Gasteiger partial charge in [-0.25, -0.2) is 4.98 Å². The number of nitrogens with one attached hydrogen (secondary N) is 1. The highest BCUT2D eigenvalue weighted by Crippen LogP contribution is 2.34. The van der Waals surface area contributed by atoms with Crippen LogP contribution in [0.25, 0.3) is 0 Å². The molecule has 166 valence electrons. The van der Waals surface area contributed by atoms with E-state index in [-0.39, 0.29) is 23.6 Å². The number of nitrogens with zero attached hydrogens (tertiary/aromatic N) is 3. The maximum Gasteiger partial charge on any atom is 0.280 e. The molecule has 0 aliphatic heterocycles. The molecule has 2 heterocycles. The van der Waals surface area contributed by atoms with Crippen molar-refractivity contribution < 1.29 is 14.3 Å². The number of aromatic nitrogens is 2. The predicted octanol–water partition coefficient (Wildman–Crippen LogP) is 4.38. The summed E-state index contributed by atoms with van der Waals surface area (Å²) in [6.07, 6.45) is 9.71. The number of carbonyl (C=O) groups excluding carboxylic acids is 2. The van der Waals surface area contributed by atoms with Gasteiger partial charge in [0.15, 0.2) is 0 Å². The molecule has 4 rings (SSSR count). The number of benzene rings is 1. The van der Waals surface area contributed by atoms with E-state index in [1.54, 1.807) is 13.2 Å². The zero-order valence-electron chi connectivity index (χ0n) is 17.9. The van der Waals surface area contributed by atoms with Gasteiger partial charge in [-0.3, -0.25) is 19.5 Å². The zero-order chi connectivity index (χ0) is 22.3. The Morgan fingerprint density at radius 3 is 2.69 bits per heavy atom. The van der Waals surface area contributed by atoms with E-state index in [0.29, 0.717) is 16.3 Å². The van der Waals surface area contributed by atoms with E-state index in [1.165, 1.54) is 41.2 Å². The summed E-state index contributed by atoms with van der Waals surface area (Å²) in [5, 5.41) is 5.74. The summed E-state index contributed by atoms with van der Waals surface area (Å²) in [7, 11) is 1.58. The molecule has 2 amide bonds. The molecule has 0 saturated heterocycles. The van der Waals surface area contributed by atoms with E-state index in [9.17, 15) is 9.59 Å². The Bertz CT molecular complexity index is 1040. The number of amides is 2. The van der Waals surface area contributed by atoms with Crippen LogP contribution in [0.2, 0.25) is 0 Å². The van der Waals surface area contributed by atoms with Gasteiger partial charge in [0.25, 0.3) is 5.91 Å². The molecule has 1 saturated carbocycles. The number of hydrogen-bond acceptors (Lipinski definition) is 6. The van der Waals surface area contributed by atoms with Crippen molar-refractivity contribution in [1.82, 2.24) is 15.3 Å². The molecule has 1 aliphatic carbocycles. The van der Waals surface area contributed by atoms with Crippen LogP contribution in [0.5, 0.6) is 5.75 Å². The lowest BCUT2D eigenvalue weighted by molar-refractivity contribution is -0.123. The lowest BCUT2D eigenvalue weighted by Gasteiger charge is -2.32. The zero-order valence-corrected chi connectivity index (χ0v) is 18.8. The number of hydrogen-bond donors (Lipinski definition) is 1. The summed E-state index contributed by atoms with van der Waals surface area (Å²) in [6.45, 7) is 0. The summed E-state index contributed by atoms with van der Waals surface area (Å²) in [6, 6.07) is 10.2. The van der Waals surface area contributed by atoms with Gasteiger partial charge in [-0.15, -0.1) is 11.3 Å². The van der Waals surface area contributed by atoms with Crippen LogP contribution in [0.4, 0.5) is 5.00 Å². The van der Waals surface area contributed by atoms with Gasteiger partial charge in [0.2, 0.25) is 5.91 Å². The first-order chi connectivity index (χ1) is 15.7. The number of methoxy groups -OCH3 is 1. The molecule has 1 aromatic carbocycles. The van der Waals surface area contributed by atoms with Crippen LogP contribution < -0.4 is 15.0 Å². The van der Waals surface area contributed by atoms with Crippen LogP contribution in [-0.2, 0) is 4.79 Å². The van der Waals surface area contributed by atoms with Crippen LogP contribution in [0.15, 0.2) is 60.4 Å². The van der Waals surface area contributed by atoms with Gasteiger partial charge in [-0.2, -0.15) is 0 Å². The summed E-state index contributed by atoms with van der Waals surface area (Å²) in [5.41, 5.74) is 0.850. The van der Waals surface area contributed by atoms with E-state index in [4.69, 9.17) is 4.74 Å². The molecular formula is C24H26N4O3S. The molecule has 7 nitrogen and oxygen atoms in total. The highest BCUT2D eigenvalue weighted by molar-refractivity contribution is 7.14. The van der Waals surface area contributed by atoms with E-state index in [0.717, 1.165) is 25.7 Å². The van der Waals surface area contributed by atoms with Crippen molar-refractivity contribution >= 4 is 28.2 Å². The Labute approximate surface area is 191 Å². The van der Waals surface area contributed by atoms with Crippen molar-refractivity contribution in [2.45, 2.75) is 44.2 Å². The largest absolute Gasteiger partial charge is 0.497 e. The van der Waals surface area contributed by atoms with Crippen LogP contribution in [0.3, 0.4) is 0 Å². The molecule has 1 N–H and O–H groups in total. The molecule has 0 bridgehead atoms. The Balaban J connectivity index is 1.77. The number of thiophene rings is 1. The maximum atomic E-state index is 13.7. The molecule has 2 aromatic heterocycles. The van der Waals surface area contributed by atoms with E-state index in [2.05, 4.69) is 15.3 Å². The number of carbonyl (C=O) groups is 2. The minimum atomic E-state index is -0.875. The topological polar surface area (TPSA) is 84.4 Å². The van der Waals surface area contributed by atoms with Crippen molar-refractivity contribution in [2.75, 3.05) is 12.0 Å². The molecule has 0 spiro atoms. The van der Waals surface area contributed by atoms with Gasteiger partial charge >= 0.3 is 0 Å². The summed E-state index contributed by atoms with van der Waals surface area (Å²) >= 11 is 1.40. The summed E-state index contributed by atoms with van der Waals surface area (Å²) in [5.74, 6) is 0.0269. The Kier molecular flexibility index (Phi) is 7.11. The fourth-order valence-corrected chi connectivity index (χ4v) is 4.80. The third kappa shape index (κ3) is 4.96. The number of ether oxygens (including phenoxy) is 1. The van der Waals surface area contributed by atoms with Gasteiger partial charge in [-0.1, -0.05) is 31.4 Å². The number of rotatable bonds is 7. The fraction of sp³-hybridized carbons (Fsp3) is 0.333. The van der Waals surface area contributed by atoms with Crippen LogP contribution >= 0.6 is 11.3 Å². The van der Waals surface area contributed by atoms with Crippen LogP contribution in [0, 0.1) is 0 Å². The molecule has 0 radical (unpaired) electrons. The van der Waals surface area contributed by atoms with Gasteiger partial charge in [-0.05, 0) is 48.1 Å². The standard InChI is InChI=1S/C24H26N4O3S/c1-31-19-10-5-7-17(15-19)22(23(29)27-18-8-3-2-4-9-18)28(21-11-6-14-32-21)24(30)20-16-25-12-13-26-20/h5-7,10-16,18,22H,2-4,8-9H2,1H3,(H,27,29)/t22-/m0/s1. The van der Waals surface area contributed by atoms with Crippen molar-refractivity contribution in [1.29, 1.82) is 0 Å². The van der Waals surface area contributed by atoms with Crippen molar-refractivity contribution in [3.63, 3.8) is 0 Å². The fourth-order valence-electron chi connectivity index (χ4n) is 4.04. The molecular weight excluding hydrogens is 424 g/mol. The van der Waals surface area contributed by atoms with Gasteiger partial charge in [0.05, 0.1) is 18.3 Å². The van der Waals surface area contributed by atoms with Gasteiger partial charge in [0.1, 0.15) is 17.5 Å². The highest BCUT2D eigenvalue weighted by atomic mass is 32.1. The molecule has 1 fully saturated rings. The molecule has 3 aromatic rings. The Hall–Kier alpha value is -3.26. The minimum Gasteiger partial charge on any atom is -0.497 e. The molecule has 1 atom stereocenters. The number of anilines is 1. The van der Waals surface area contributed by atoms with Gasteiger partial charge < -0.3 is 10.1 Å². The second kappa shape index (κ2) is 10.4. The maximum absolute atomic E-state index is 13.7. The Morgan fingerprint density at radius 2 is 2.00 bits per heavy atom. The predicted molar refractivity (Wildman–Crippen MR) is 124 cm³/mol. The lowest BCUT2D eigenvalue weighted by atomic mass is 9.94. The second-order valence-electron chi connectivity index (χ2n) is 7.74. The van der Waals surface area contributed by atoms with Crippen molar-refractivity contribution in [2.24, 2.45) is 0 Å². The molecule has 0 unspecified atom stereocenters. The smallest absolute Gasteiger partial charge is 0.280 e. The summed E-state index contributed by atoms with van der Waals surface area (Å²) < 4.78 is 5.40. The van der Waals surface area contributed by atoms with Crippen LogP contribution in [0.1, 0.15) is 54.2 Å². The average Bonchev–Trinajstić information content (AvgIpc) is 3.37. The first-order valence-corrected chi connectivity index (χ1v) is 11.6. The lowest BCUT2D eigenvalue weighted by Crippen LogP contribution is -2.47. The first kappa shape index (κ1) is 22.0. The minimum absolute atomic E-state index is 0.112. The van der Waals surface area contributed by atoms with E-state index in [1.807, 2.05) is 35.7 Å². The molecule has 8 heteroatoms. The van der Waals surface area contributed by atoms with E-state index < -0.39 is 6.04 Å². The van der Waals surface area contributed by atoms with Crippen LogP contribution in [-0.4, -0.2) is 34.9 Å². The monoisotopic (exact) mass is 450 g/mol. The van der Waals surface area contributed by atoms with Crippen molar-refractivity contribution in [3.05, 3.63) is 71.6 Å². The second-order valence-corrected chi connectivity index (χ2v) is 8.67. The SMILES string of the molecule is COc1cccc([C@@H](C(=O)NC2CCCCC2)N(C(=O)c2cnccn2)c2cccs2)c1. The van der Waals surface area contributed by atoms with Crippen molar-refractivity contribution in [3.8, 4) is 5.75 Å². The third-order valence-corrected chi connectivity index (χ3v) is 6.48. The molecule has 1 aliphatic rings. The normalized spacial score (nSPS) is 15.0. The quantitative estimate of drug-likeness (QED) is 0.577. The molecule has 32 heavy (non-hydrogen) atoms.